The summed E-state index contributed by atoms with van der Waals surface area (Å²) in [5.41, 5.74) is 12.8. The molecule has 0 saturated heterocycles. The molecule has 1 heterocycles. The maximum absolute atomic E-state index is 6.08. The molecule has 3 heteroatoms. The largest absolute Gasteiger partial charge is 0.383 e. The Morgan fingerprint density at radius 2 is 2.23 bits per heavy atom. The van der Waals surface area contributed by atoms with Gasteiger partial charge in [0.25, 0.3) is 0 Å². The third-order valence-electron chi connectivity index (χ3n) is 2.89. The molecule has 1 aromatic heterocycles. The predicted molar refractivity (Wildman–Crippen MR) is 52.9 cm³/mol. The van der Waals surface area contributed by atoms with Crippen LogP contribution in [-0.4, -0.2) is 4.98 Å². The normalized spacial score (nSPS) is 19.5. The number of pyridine rings is 1. The van der Waals surface area contributed by atoms with Crippen molar-refractivity contribution in [3.05, 3.63) is 23.9 Å². The second-order valence-electron chi connectivity index (χ2n) is 3.69. The minimum atomic E-state index is 0.0856. The lowest BCUT2D eigenvalue weighted by Gasteiger charge is -2.31. The van der Waals surface area contributed by atoms with Crippen LogP contribution in [0.25, 0.3) is 0 Å². The topological polar surface area (TPSA) is 64.9 Å². The Morgan fingerprint density at radius 3 is 2.77 bits per heavy atom. The van der Waals surface area contributed by atoms with Gasteiger partial charge in [-0.2, -0.15) is 0 Å². The van der Waals surface area contributed by atoms with E-state index in [4.69, 9.17) is 11.5 Å². The van der Waals surface area contributed by atoms with Crippen LogP contribution in [0.5, 0.6) is 0 Å². The molecule has 13 heavy (non-hydrogen) atoms. The Morgan fingerprint density at radius 1 is 1.46 bits per heavy atom. The van der Waals surface area contributed by atoms with E-state index in [1.165, 1.54) is 19.3 Å². The molecule has 4 N–H and O–H groups in total. The maximum Gasteiger partial charge on any atom is 0.128 e. The Bertz CT molecular complexity index is 294. The summed E-state index contributed by atoms with van der Waals surface area (Å²) in [5.74, 6) is 1.20. The Kier molecular flexibility index (Phi) is 2.19. The minimum absolute atomic E-state index is 0.0856. The van der Waals surface area contributed by atoms with Gasteiger partial charge in [-0.1, -0.05) is 12.5 Å². The monoisotopic (exact) mass is 177 g/mol. The smallest absolute Gasteiger partial charge is 0.128 e. The van der Waals surface area contributed by atoms with Crippen molar-refractivity contribution in [2.45, 2.75) is 25.3 Å². The molecule has 70 valence electrons. The van der Waals surface area contributed by atoms with E-state index in [1.54, 1.807) is 6.20 Å². The van der Waals surface area contributed by atoms with Crippen molar-refractivity contribution in [1.29, 1.82) is 0 Å². The highest BCUT2D eigenvalue weighted by molar-refractivity contribution is 5.41. The molecule has 0 aromatic carbocycles. The van der Waals surface area contributed by atoms with Crippen LogP contribution in [0.4, 0.5) is 5.82 Å². The van der Waals surface area contributed by atoms with Gasteiger partial charge in [-0.05, 0) is 24.8 Å². The van der Waals surface area contributed by atoms with Gasteiger partial charge in [0.15, 0.2) is 0 Å². The lowest BCUT2D eigenvalue weighted by Crippen LogP contribution is -2.27. The van der Waals surface area contributed by atoms with Crippen molar-refractivity contribution in [3.8, 4) is 0 Å². The predicted octanol–water partition coefficient (Wildman–Crippen LogP) is 1.46. The first-order chi connectivity index (χ1) is 6.29. The van der Waals surface area contributed by atoms with E-state index in [1.807, 2.05) is 12.1 Å². The van der Waals surface area contributed by atoms with Crippen LogP contribution in [0.1, 0.15) is 30.9 Å². The lowest BCUT2D eigenvalue weighted by atomic mass is 9.78. The molecule has 1 aliphatic carbocycles. The first-order valence-corrected chi connectivity index (χ1v) is 4.75. The maximum atomic E-state index is 6.08. The highest BCUT2D eigenvalue weighted by atomic mass is 14.8. The average Bonchev–Trinajstić information content (AvgIpc) is 2.01. The second kappa shape index (κ2) is 3.34. The highest BCUT2D eigenvalue weighted by Crippen LogP contribution is 2.37. The van der Waals surface area contributed by atoms with Crippen LogP contribution in [-0.2, 0) is 0 Å². The summed E-state index contributed by atoms with van der Waals surface area (Å²) in [6, 6.07) is 3.96. The summed E-state index contributed by atoms with van der Waals surface area (Å²) in [6.07, 6.45) is 5.47. The summed E-state index contributed by atoms with van der Waals surface area (Å²) in [6.45, 7) is 0. The molecule has 1 atom stereocenters. The third kappa shape index (κ3) is 1.52. The second-order valence-corrected chi connectivity index (χ2v) is 3.69. The summed E-state index contributed by atoms with van der Waals surface area (Å²) < 4.78 is 0. The van der Waals surface area contributed by atoms with Crippen molar-refractivity contribution in [3.63, 3.8) is 0 Å². The Hall–Kier alpha value is -1.09. The summed E-state index contributed by atoms with van der Waals surface area (Å²) in [5, 5.41) is 0. The molecule has 0 amide bonds. The zero-order valence-electron chi connectivity index (χ0n) is 7.61. The molecule has 1 aromatic rings. The number of anilines is 1. The lowest BCUT2D eigenvalue weighted by molar-refractivity contribution is 0.264. The van der Waals surface area contributed by atoms with Gasteiger partial charge < -0.3 is 11.5 Å². The molecule has 0 bridgehead atoms. The average molecular weight is 177 g/mol. The molecule has 2 rings (SSSR count). The zero-order valence-corrected chi connectivity index (χ0v) is 7.61. The number of hydrogen-bond donors (Lipinski definition) is 2. The van der Waals surface area contributed by atoms with E-state index in [-0.39, 0.29) is 6.04 Å². The van der Waals surface area contributed by atoms with Gasteiger partial charge in [-0.15, -0.1) is 0 Å². The first-order valence-electron chi connectivity index (χ1n) is 4.75. The summed E-state index contributed by atoms with van der Waals surface area (Å²) in [4.78, 5) is 4.04. The summed E-state index contributed by atoms with van der Waals surface area (Å²) in [7, 11) is 0. The fraction of sp³-hybridized carbons (Fsp3) is 0.500. The number of rotatable bonds is 2. The van der Waals surface area contributed by atoms with Crippen LogP contribution in [0, 0.1) is 5.92 Å². The van der Waals surface area contributed by atoms with Gasteiger partial charge in [0.2, 0.25) is 0 Å². The first kappa shape index (κ1) is 8.51. The SMILES string of the molecule is Nc1ncccc1[C@H](N)C1CCC1. The molecule has 3 nitrogen and oxygen atoms in total. The fourth-order valence-electron chi connectivity index (χ4n) is 1.76. The number of hydrogen-bond acceptors (Lipinski definition) is 3. The van der Waals surface area contributed by atoms with E-state index in [9.17, 15) is 0 Å². The van der Waals surface area contributed by atoms with Crippen LogP contribution in [0.15, 0.2) is 18.3 Å². The number of aromatic nitrogens is 1. The van der Waals surface area contributed by atoms with Crippen molar-refractivity contribution in [1.82, 2.24) is 4.98 Å². The molecule has 1 aliphatic rings. The molecule has 1 fully saturated rings. The number of nitrogen functional groups attached to an aromatic ring is 1. The number of nitrogens with zero attached hydrogens (tertiary/aromatic N) is 1. The highest BCUT2D eigenvalue weighted by Gasteiger charge is 2.26. The number of nitrogens with two attached hydrogens (primary N) is 2. The van der Waals surface area contributed by atoms with Crippen LogP contribution in [0.2, 0.25) is 0 Å². The van der Waals surface area contributed by atoms with E-state index in [0.29, 0.717) is 11.7 Å². The minimum Gasteiger partial charge on any atom is -0.383 e. The van der Waals surface area contributed by atoms with Gasteiger partial charge in [0, 0.05) is 17.8 Å². The van der Waals surface area contributed by atoms with Gasteiger partial charge >= 0.3 is 0 Å². The molecule has 1 saturated carbocycles. The van der Waals surface area contributed by atoms with Crippen LogP contribution < -0.4 is 11.5 Å². The standard InChI is InChI=1S/C10H15N3/c11-9(7-3-1-4-7)8-5-2-6-13-10(8)12/h2,5-7,9H,1,3-4,11H2,(H2,12,13)/t9-/m1/s1. The van der Waals surface area contributed by atoms with Crippen LogP contribution >= 0.6 is 0 Å². The van der Waals surface area contributed by atoms with E-state index in [2.05, 4.69) is 4.98 Å². The van der Waals surface area contributed by atoms with Gasteiger partial charge in [0.1, 0.15) is 5.82 Å². The van der Waals surface area contributed by atoms with E-state index in [0.717, 1.165) is 5.56 Å². The molecular formula is C10H15N3. The van der Waals surface area contributed by atoms with Gasteiger partial charge in [-0.25, -0.2) is 4.98 Å². The van der Waals surface area contributed by atoms with Gasteiger partial charge in [-0.3, -0.25) is 0 Å². The van der Waals surface area contributed by atoms with Crippen molar-refractivity contribution < 1.29 is 0 Å². The Balaban J connectivity index is 2.18. The fourth-order valence-corrected chi connectivity index (χ4v) is 1.76. The molecule has 0 aliphatic heterocycles. The zero-order chi connectivity index (χ0) is 9.26. The van der Waals surface area contributed by atoms with Crippen molar-refractivity contribution in [2.75, 3.05) is 5.73 Å². The molecule has 0 radical (unpaired) electrons. The van der Waals surface area contributed by atoms with Crippen molar-refractivity contribution >= 4 is 5.82 Å². The van der Waals surface area contributed by atoms with E-state index >= 15 is 0 Å². The summed E-state index contributed by atoms with van der Waals surface area (Å²) >= 11 is 0. The molecule has 0 unspecified atom stereocenters. The van der Waals surface area contributed by atoms with Crippen molar-refractivity contribution in [2.24, 2.45) is 11.7 Å². The third-order valence-corrected chi connectivity index (χ3v) is 2.89. The molecule has 0 spiro atoms. The van der Waals surface area contributed by atoms with Crippen LogP contribution in [0.3, 0.4) is 0 Å². The molecular weight excluding hydrogens is 162 g/mol. The van der Waals surface area contributed by atoms with Gasteiger partial charge in [0.05, 0.1) is 0 Å². The Labute approximate surface area is 78.1 Å². The van der Waals surface area contributed by atoms with E-state index < -0.39 is 0 Å². The quantitative estimate of drug-likeness (QED) is 0.718.